The maximum absolute atomic E-state index is 4.75. The fourth-order valence-corrected chi connectivity index (χ4v) is 8.00. The van der Waals surface area contributed by atoms with Crippen molar-refractivity contribution in [2.45, 2.75) is 26.2 Å². The minimum Gasteiger partial charge on any atom is -0.309 e. The summed E-state index contributed by atoms with van der Waals surface area (Å²) in [5, 5.41) is 2.57. The Bertz CT molecular complexity index is 2730. The Morgan fingerprint density at radius 2 is 1.12 bits per heavy atom. The predicted octanol–water partition coefficient (Wildman–Crippen LogP) is 11.4. The van der Waals surface area contributed by atoms with Gasteiger partial charge in [-0.25, -0.2) is 9.97 Å². The molecule has 0 saturated heterocycles. The van der Waals surface area contributed by atoms with Gasteiger partial charge in [0.2, 0.25) is 5.78 Å². The Labute approximate surface area is 291 Å². The van der Waals surface area contributed by atoms with E-state index in [9.17, 15) is 0 Å². The quantitative estimate of drug-likeness (QED) is 0.191. The van der Waals surface area contributed by atoms with Gasteiger partial charge in [-0.2, -0.15) is 0 Å². The van der Waals surface area contributed by atoms with E-state index in [4.69, 9.17) is 4.98 Å². The third-order valence-electron chi connectivity index (χ3n) is 10.7. The third kappa shape index (κ3) is 4.31. The van der Waals surface area contributed by atoms with E-state index in [0.717, 1.165) is 22.4 Å². The van der Waals surface area contributed by atoms with Gasteiger partial charge < -0.3 is 4.57 Å². The molecule has 3 heterocycles. The molecule has 0 amide bonds. The number of imidazole rings is 1. The van der Waals surface area contributed by atoms with E-state index >= 15 is 0 Å². The van der Waals surface area contributed by atoms with E-state index in [1.165, 1.54) is 66.4 Å². The smallest absolute Gasteiger partial charge is 0.234 e. The normalized spacial score (nSPS) is 13.3. The van der Waals surface area contributed by atoms with Crippen molar-refractivity contribution in [3.05, 3.63) is 169 Å². The average molecular weight is 643 g/mol. The molecule has 0 bridgehead atoms. The standard InChI is InChI=1S/C46H34N4/c1-29-12-14-32(15-13-29)42-28-49-27-34(26-47-45(49)48-42)31-18-16-30(17-19-31)33-20-22-36-37-23-21-35(25-41(37)46(2,3)40(36)24-33)50-43-10-6-4-8-38(43)39-9-5-7-11-44(39)50/h4-28H,1-3H3. The molecule has 1 aliphatic carbocycles. The van der Waals surface area contributed by atoms with Crippen LogP contribution in [0, 0.1) is 6.92 Å². The summed E-state index contributed by atoms with van der Waals surface area (Å²) >= 11 is 0. The summed E-state index contributed by atoms with van der Waals surface area (Å²) in [5.41, 5.74) is 16.8. The number of aryl methyl sites for hydroxylation is 1. The molecule has 9 aromatic rings. The number of aromatic nitrogens is 4. The van der Waals surface area contributed by atoms with Crippen molar-refractivity contribution in [3.8, 4) is 50.3 Å². The van der Waals surface area contributed by atoms with Gasteiger partial charge in [-0.3, -0.25) is 4.40 Å². The van der Waals surface area contributed by atoms with Gasteiger partial charge >= 0.3 is 0 Å². The predicted molar refractivity (Wildman–Crippen MR) is 206 cm³/mol. The molecular weight excluding hydrogens is 609 g/mol. The lowest BCUT2D eigenvalue weighted by Gasteiger charge is -2.23. The average Bonchev–Trinajstić information content (AvgIpc) is 3.80. The van der Waals surface area contributed by atoms with Gasteiger partial charge in [0, 0.05) is 51.6 Å². The van der Waals surface area contributed by atoms with Crippen LogP contribution in [-0.4, -0.2) is 18.9 Å². The van der Waals surface area contributed by atoms with E-state index in [1.54, 1.807) is 0 Å². The zero-order valence-corrected chi connectivity index (χ0v) is 28.2. The first-order valence-electron chi connectivity index (χ1n) is 17.2. The van der Waals surface area contributed by atoms with Crippen molar-refractivity contribution >= 4 is 27.6 Å². The lowest BCUT2D eigenvalue weighted by molar-refractivity contribution is 0.660. The van der Waals surface area contributed by atoms with E-state index in [-0.39, 0.29) is 5.41 Å². The molecule has 0 aliphatic heterocycles. The summed E-state index contributed by atoms with van der Waals surface area (Å²) in [6, 6.07) is 48.8. The third-order valence-corrected chi connectivity index (χ3v) is 10.7. The summed E-state index contributed by atoms with van der Waals surface area (Å²) < 4.78 is 4.44. The number of rotatable bonds is 4. The van der Waals surface area contributed by atoms with Crippen LogP contribution in [0.2, 0.25) is 0 Å². The Kier molecular flexibility index (Phi) is 6.10. The molecule has 10 rings (SSSR count). The molecule has 1 aliphatic rings. The van der Waals surface area contributed by atoms with Gasteiger partial charge in [0.05, 0.1) is 16.7 Å². The number of nitrogens with zero attached hydrogens (tertiary/aromatic N) is 4. The molecule has 0 radical (unpaired) electrons. The highest BCUT2D eigenvalue weighted by molar-refractivity contribution is 6.09. The van der Waals surface area contributed by atoms with Crippen molar-refractivity contribution in [2.24, 2.45) is 0 Å². The highest BCUT2D eigenvalue weighted by Crippen LogP contribution is 2.50. The SMILES string of the molecule is Cc1ccc(-c2cn3cc(-c4ccc(-c5ccc6c(c5)C(C)(C)c5cc(-n7c8ccccc8c8ccccc87)ccc5-6)cc4)cnc3n2)cc1. The molecule has 0 unspecified atom stereocenters. The number of hydrogen-bond acceptors (Lipinski definition) is 2. The molecule has 3 aromatic heterocycles. The van der Waals surface area contributed by atoms with Gasteiger partial charge in [0.25, 0.3) is 0 Å². The molecule has 4 nitrogen and oxygen atoms in total. The van der Waals surface area contributed by atoms with E-state index in [0.29, 0.717) is 5.78 Å². The van der Waals surface area contributed by atoms with E-state index < -0.39 is 0 Å². The van der Waals surface area contributed by atoms with Gasteiger partial charge in [0.1, 0.15) is 0 Å². The topological polar surface area (TPSA) is 35.1 Å². The van der Waals surface area contributed by atoms with Crippen LogP contribution in [0.1, 0.15) is 30.5 Å². The first-order valence-corrected chi connectivity index (χ1v) is 17.2. The lowest BCUT2D eigenvalue weighted by Crippen LogP contribution is -2.15. The first kappa shape index (κ1) is 28.7. The van der Waals surface area contributed by atoms with Crippen molar-refractivity contribution in [1.82, 2.24) is 18.9 Å². The highest BCUT2D eigenvalue weighted by atomic mass is 15.1. The molecule has 0 fully saturated rings. The Hall–Kier alpha value is -6.26. The summed E-state index contributed by atoms with van der Waals surface area (Å²) in [7, 11) is 0. The second kappa shape index (κ2) is 10.6. The molecule has 238 valence electrons. The molecule has 6 aromatic carbocycles. The van der Waals surface area contributed by atoms with Gasteiger partial charge in [-0.05, 0) is 76.2 Å². The number of benzene rings is 6. The molecule has 0 spiro atoms. The van der Waals surface area contributed by atoms with Crippen molar-refractivity contribution < 1.29 is 0 Å². The van der Waals surface area contributed by atoms with Crippen molar-refractivity contribution in [3.63, 3.8) is 0 Å². The number of para-hydroxylation sites is 2. The molecule has 50 heavy (non-hydrogen) atoms. The Morgan fingerprint density at radius 3 is 1.82 bits per heavy atom. The minimum atomic E-state index is -0.140. The fourth-order valence-electron chi connectivity index (χ4n) is 8.00. The zero-order valence-electron chi connectivity index (χ0n) is 28.2. The molecule has 0 N–H and O–H groups in total. The minimum absolute atomic E-state index is 0.140. The highest BCUT2D eigenvalue weighted by Gasteiger charge is 2.36. The lowest BCUT2D eigenvalue weighted by atomic mass is 9.81. The van der Waals surface area contributed by atoms with Crippen LogP contribution in [0.3, 0.4) is 0 Å². The molecular formula is C46H34N4. The largest absolute Gasteiger partial charge is 0.309 e. The van der Waals surface area contributed by atoms with Crippen LogP contribution in [0.5, 0.6) is 0 Å². The maximum Gasteiger partial charge on any atom is 0.234 e. The Morgan fingerprint density at radius 1 is 0.540 bits per heavy atom. The molecule has 0 saturated carbocycles. The maximum atomic E-state index is 4.75. The van der Waals surface area contributed by atoms with Gasteiger partial charge in [0.15, 0.2) is 0 Å². The second-order valence-corrected chi connectivity index (χ2v) is 14.1. The van der Waals surface area contributed by atoms with Crippen LogP contribution in [-0.2, 0) is 5.41 Å². The van der Waals surface area contributed by atoms with Gasteiger partial charge in [-0.1, -0.05) is 123 Å². The summed E-state index contributed by atoms with van der Waals surface area (Å²) in [5.74, 6) is 0.699. The van der Waals surface area contributed by atoms with E-state index in [1.807, 2.05) is 10.6 Å². The van der Waals surface area contributed by atoms with Crippen molar-refractivity contribution in [1.29, 1.82) is 0 Å². The van der Waals surface area contributed by atoms with Crippen LogP contribution < -0.4 is 0 Å². The Balaban J connectivity index is 0.974. The summed E-state index contributed by atoms with van der Waals surface area (Å²) in [6.45, 7) is 6.83. The van der Waals surface area contributed by atoms with Gasteiger partial charge in [-0.15, -0.1) is 0 Å². The summed E-state index contributed by atoms with van der Waals surface area (Å²) in [6.07, 6.45) is 6.09. The molecule has 4 heteroatoms. The monoisotopic (exact) mass is 642 g/mol. The van der Waals surface area contributed by atoms with Crippen LogP contribution in [0.15, 0.2) is 152 Å². The second-order valence-electron chi connectivity index (χ2n) is 14.1. The molecule has 0 atom stereocenters. The number of fused-ring (bicyclic) bond motifs is 7. The van der Waals surface area contributed by atoms with E-state index in [2.05, 4.69) is 176 Å². The van der Waals surface area contributed by atoms with Crippen LogP contribution >= 0.6 is 0 Å². The zero-order chi connectivity index (χ0) is 33.6. The van der Waals surface area contributed by atoms with Crippen LogP contribution in [0.25, 0.3) is 77.9 Å². The number of hydrogen-bond donors (Lipinski definition) is 0. The van der Waals surface area contributed by atoms with Crippen LogP contribution in [0.4, 0.5) is 0 Å². The fraction of sp³-hybridized carbons (Fsp3) is 0.0870. The van der Waals surface area contributed by atoms with Crippen molar-refractivity contribution in [2.75, 3.05) is 0 Å². The first-order chi connectivity index (χ1) is 24.4. The summed E-state index contributed by atoms with van der Waals surface area (Å²) in [4.78, 5) is 9.43.